The molecule has 0 bridgehead atoms. The van der Waals surface area contributed by atoms with Crippen LogP contribution in [0.4, 0.5) is 0 Å². The van der Waals surface area contributed by atoms with E-state index in [9.17, 15) is 5.26 Å². The second-order valence-electron chi connectivity index (χ2n) is 3.83. The minimum atomic E-state index is -0.403. The average Bonchev–Trinajstić information content (AvgIpc) is 2.31. The van der Waals surface area contributed by atoms with E-state index in [1.807, 2.05) is 0 Å². The van der Waals surface area contributed by atoms with Crippen LogP contribution in [0.5, 0.6) is 0 Å². The molecule has 2 rings (SSSR count). The van der Waals surface area contributed by atoms with Gasteiger partial charge in [0.25, 0.3) is 0 Å². The number of hydrogen-bond acceptors (Lipinski definition) is 3. The third-order valence-corrected chi connectivity index (χ3v) is 2.91. The fraction of sp³-hybridized carbons (Fsp3) is 0.545. The lowest BCUT2D eigenvalue weighted by molar-refractivity contribution is 0.350. The molecular formula is C11H13N3. The second-order valence-corrected chi connectivity index (χ2v) is 3.83. The van der Waals surface area contributed by atoms with E-state index >= 15 is 0 Å². The maximum atomic E-state index is 9.26. The van der Waals surface area contributed by atoms with Crippen molar-refractivity contribution >= 4 is 0 Å². The van der Waals surface area contributed by atoms with Gasteiger partial charge in [-0.1, -0.05) is 19.3 Å². The Bertz CT molecular complexity index is 333. The van der Waals surface area contributed by atoms with Crippen LogP contribution in [0.1, 0.15) is 37.9 Å². The first-order chi connectivity index (χ1) is 6.87. The van der Waals surface area contributed by atoms with Crippen LogP contribution in [0.2, 0.25) is 0 Å². The van der Waals surface area contributed by atoms with Gasteiger partial charge in [-0.25, -0.2) is 9.97 Å². The molecule has 0 N–H and O–H groups in total. The van der Waals surface area contributed by atoms with E-state index in [1.165, 1.54) is 6.42 Å². The van der Waals surface area contributed by atoms with Crippen LogP contribution in [0.15, 0.2) is 18.5 Å². The van der Waals surface area contributed by atoms with Crippen molar-refractivity contribution in [3.05, 3.63) is 24.3 Å². The molecule has 3 nitrogen and oxygen atoms in total. The number of hydrogen-bond donors (Lipinski definition) is 0. The molecule has 0 saturated heterocycles. The summed E-state index contributed by atoms with van der Waals surface area (Å²) in [6, 6.07) is 4.20. The molecule has 0 atom stereocenters. The van der Waals surface area contributed by atoms with Crippen molar-refractivity contribution in [3.63, 3.8) is 0 Å². The minimum Gasteiger partial charge on any atom is -0.240 e. The summed E-state index contributed by atoms with van der Waals surface area (Å²) in [5, 5.41) is 9.26. The Morgan fingerprint density at radius 2 is 1.79 bits per heavy atom. The van der Waals surface area contributed by atoms with Gasteiger partial charge in [0.05, 0.1) is 6.07 Å². The van der Waals surface area contributed by atoms with Gasteiger partial charge >= 0.3 is 0 Å². The van der Waals surface area contributed by atoms with Gasteiger partial charge in [-0.15, -0.1) is 0 Å². The number of nitrogens with zero attached hydrogens (tertiary/aromatic N) is 3. The predicted octanol–water partition coefficient (Wildman–Crippen LogP) is 2.20. The minimum absolute atomic E-state index is 0.403. The summed E-state index contributed by atoms with van der Waals surface area (Å²) in [5.41, 5.74) is -0.403. The third kappa shape index (κ3) is 1.48. The molecule has 14 heavy (non-hydrogen) atoms. The Balaban J connectivity index is 2.33. The normalized spacial score (nSPS) is 19.9. The van der Waals surface area contributed by atoms with Gasteiger partial charge in [0.2, 0.25) is 0 Å². The highest BCUT2D eigenvalue weighted by Gasteiger charge is 2.36. The molecule has 0 aliphatic heterocycles. The number of aromatic nitrogens is 2. The highest BCUT2D eigenvalue weighted by atomic mass is 14.9. The van der Waals surface area contributed by atoms with Gasteiger partial charge < -0.3 is 0 Å². The zero-order valence-corrected chi connectivity index (χ0v) is 8.11. The van der Waals surface area contributed by atoms with Crippen LogP contribution in [0, 0.1) is 11.3 Å². The zero-order chi connectivity index (χ0) is 9.86. The number of rotatable bonds is 1. The van der Waals surface area contributed by atoms with Crippen LogP contribution in [-0.2, 0) is 5.41 Å². The standard InChI is InChI=1S/C11H13N3/c12-9-11(5-2-1-3-6-11)10-13-7-4-8-14-10/h4,7-8H,1-3,5-6H2. The maximum absolute atomic E-state index is 9.26. The summed E-state index contributed by atoms with van der Waals surface area (Å²) in [6.07, 6.45) is 8.72. The van der Waals surface area contributed by atoms with Crippen molar-refractivity contribution in [1.82, 2.24) is 9.97 Å². The quantitative estimate of drug-likeness (QED) is 0.677. The molecule has 3 heteroatoms. The Morgan fingerprint density at radius 3 is 2.36 bits per heavy atom. The zero-order valence-electron chi connectivity index (χ0n) is 8.11. The van der Waals surface area contributed by atoms with E-state index in [2.05, 4.69) is 16.0 Å². The molecule has 0 aromatic carbocycles. The molecule has 1 aliphatic rings. The molecule has 0 unspecified atom stereocenters. The fourth-order valence-corrected chi connectivity index (χ4v) is 2.09. The molecule has 1 aromatic heterocycles. The van der Waals surface area contributed by atoms with Gasteiger partial charge in [-0.2, -0.15) is 5.26 Å². The van der Waals surface area contributed by atoms with Crippen LogP contribution in [-0.4, -0.2) is 9.97 Å². The Kier molecular flexibility index (Phi) is 2.45. The SMILES string of the molecule is N#CC1(c2ncccn2)CCCCC1. The molecule has 1 aromatic rings. The molecule has 1 saturated carbocycles. The highest BCUT2D eigenvalue weighted by Crippen LogP contribution is 2.36. The predicted molar refractivity (Wildman–Crippen MR) is 52.4 cm³/mol. The van der Waals surface area contributed by atoms with Crippen molar-refractivity contribution in [1.29, 1.82) is 5.26 Å². The van der Waals surface area contributed by atoms with Gasteiger partial charge in [0, 0.05) is 12.4 Å². The molecule has 1 aliphatic carbocycles. The molecule has 0 spiro atoms. The van der Waals surface area contributed by atoms with Crippen molar-refractivity contribution < 1.29 is 0 Å². The molecular weight excluding hydrogens is 174 g/mol. The highest BCUT2D eigenvalue weighted by molar-refractivity contribution is 5.20. The topological polar surface area (TPSA) is 49.6 Å². The van der Waals surface area contributed by atoms with E-state index in [-0.39, 0.29) is 0 Å². The van der Waals surface area contributed by atoms with E-state index in [4.69, 9.17) is 0 Å². The average molecular weight is 187 g/mol. The first kappa shape index (κ1) is 9.14. The Labute approximate surface area is 83.8 Å². The summed E-state index contributed by atoms with van der Waals surface area (Å²) < 4.78 is 0. The molecule has 72 valence electrons. The summed E-state index contributed by atoms with van der Waals surface area (Å²) in [7, 11) is 0. The van der Waals surface area contributed by atoms with Crippen LogP contribution in [0.25, 0.3) is 0 Å². The summed E-state index contributed by atoms with van der Waals surface area (Å²) in [4.78, 5) is 8.42. The van der Waals surface area contributed by atoms with E-state index < -0.39 is 5.41 Å². The lowest BCUT2D eigenvalue weighted by atomic mass is 9.74. The first-order valence-electron chi connectivity index (χ1n) is 5.06. The van der Waals surface area contributed by atoms with Crippen molar-refractivity contribution in [2.45, 2.75) is 37.5 Å². The molecule has 1 fully saturated rings. The van der Waals surface area contributed by atoms with Gasteiger partial charge in [-0.05, 0) is 18.9 Å². The lowest BCUT2D eigenvalue weighted by Crippen LogP contribution is -2.29. The van der Waals surface area contributed by atoms with Crippen molar-refractivity contribution in [3.8, 4) is 6.07 Å². The van der Waals surface area contributed by atoms with Crippen LogP contribution >= 0.6 is 0 Å². The van der Waals surface area contributed by atoms with E-state index in [1.54, 1.807) is 18.5 Å². The van der Waals surface area contributed by atoms with E-state index in [0.717, 1.165) is 25.7 Å². The molecule has 0 radical (unpaired) electrons. The molecule has 0 amide bonds. The summed E-state index contributed by atoms with van der Waals surface area (Å²) in [5.74, 6) is 0.710. The largest absolute Gasteiger partial charge is 0.240 e. The van der Waals surface area contributed by atoms with Gasteiger partial charge in [0.15, 0.2) is 0 Å². The monoisotopic (exact) mass is 187 g/mol. The smallest absolute Gasteiger partial charge is 0.148 e. The third-order valence-electron chi connectivity index (χ3n) is 2.91. The Morgan fingerprint density at radius 1 is 1.14 bits per heavy atom. The van der Waals surface area contributed by atoms with Crippen LogP contribution in [0.3, 0.4) is 0 Å². The fourth-order valence-electron chi connectivity index (χ4n) is 2.09. The van der Waals surface area contributed by atoms with E-state index in [0.29, 0.717) is 5.82 Å². The maximum Gasteiger partial charge on any atom is 0.148 e. The van der Waals surface area contributed by atoms with Gasteiger partial charge in [0.1, 0.15) is 11.2 Å². The van der Waals surface area contributed by atoms with Crippen LogP contribution < -0.4 is 0 Å². The molecule has 1 heterocycles. The first-order valence-corrected chi connectivity index (χ1v) is 5.06. The van der Waals surface area contributed by atoms with Crippen molar-refractivity contribution in [2.24, 2.45) is 0 Å². The Hall–Kier alpha value is -1.43. The second kappa shape index (κ2) is 3.75. The summed E-state index contributed by atoms with van der Waals surface area (Å²) >= 11 is 0. The van der Waals surface area contributed by atoms with Crippen molar-refractivity contribution in [2.75, 3.05) is 0 Å². The van der Waals surface area contributed by atoms with Gasteiger partial charge in [-0.3, -0.25) is 0 Å². The summed E-state index contributed by atoms with van der Waals surface area (Å²) in [6.45, 7) is 0. The lowest BCUT2D eigenvalue weighted by Gasteiger charge is -2.28. The number of nitriles is 1.